The average molecular weight is 417 g/mol. The summed E-state index contributed by atoms with van der Waals surface area (Å²) in [5.74, 6) is -0.00336. The summed E-state index contributed by atoms with van der Waals surface area (Å²) in [7, 11) is 0. The number of alkyl halides is 3. The van der Waals surface area contributed by atoms with Gasteiger partial charge in [0, 0.05) is 11.9 Å². The minimum atomic E-state index is -4.35. The van der Waals surface area contributed by atoms with E-state index in [1.807, 2.05) is 41.3 Å². The van der Waals surface area contributed by atoms with Crippen molar-refractivity contribution in [3.05, 3.63) is 78.0 Å². The molecule has 8 heteroatoms. The predicted molar refractivity (Wildman–Crippen MR) is 108 cm³/mol. The Morgan fingerprint density at radius 1 is 1.07 bits per heavy atom. The number of quaternary nitrogens is 1. The van der Waals surface area contributed by atoms with E-state index in [1.54, 1.807) is 17.3 Å². The van der Waals surface area contributed by atoms with Gasteiger partial charge in [-0.2, -0.15) is 13.2 Å². The standard InChI is InChI=1S/C22H23F3N4O/c23-22(24,25)18-7-4-8-19(15-18)28-13-11-27(12-14-28)16-21(30)29-20(9-10-26-29)17-5-2-1-3-6-17/h1-10,15,20,26H,11-14,16H2/p+1/t20-/m1/s1. The van der Waals surface area contributed by atoms with Crippen LogP contribution in [0.4, 0.5) is 18.9 Å². The first-order valence-electron chi connectivity index (χ1n) is 9.97. The maximum atomic E-state index is 13.0. The Balaban J connectivity index is 1.33. The number of carbonyl (C=O) groups is 1. The normalized spacial score (nSPS) is 19.8. The second-order valence-corrected chi connectivity index (χ2v) is 7.57. The number of piperazine rings is 1. The van der Waals surface area contributed by atoms with Crippen LogP contribution in [-0.2, 0) is 11.0 Å². The third-order valence-corrected chi connectivity index (χ3v) is 5.59. The zero-order chi connectivity index (χ0) is 21.1. The fraction of sp³-hybridized carbons (Fsp3) is 0.318. The van der Waals surface area contributed by atoms with Crippen LogP contribution in [0.3, 0.4) is 0 Å². The Morgan fingerprint density at radius 3 is 2.50 bits per heavy atom. The maximum Gasteiger partial charge on any atom is 0.416 e. The number of hydrogen-bond acceptors (Lipinski definition) is 3. The van der Waals surface area contributed by atoms with Gasteiger partial charge in [0.05, 0.1) is 37.8 Å². The van der Waals surface area contributed by atoms with Gasteiger partial charge in [-0.3, -0.25) is 4.79 Å². The summed E-state index contributed by atoms with van der Waals surface area (Å²) in [5.41, 5.74) is 4.00. The van der Waals surface area contributed by atoms with Crippen molar-refractivity contribution in [1.29, 1.82) is 0 Å². The average Bonchev–Trinajstić information content (AvgIpc) is 3.25. The Morgan fingerprint density at radius 2 is 1.80 bits per heavy atom. The molecule has 0 aromatic heterocycles. The molecule has 1 amide bonds. The van der Waals surface area contributed by atoms with Crippen LogP contribution >= 0.6 is 0 Å². The molecule has 0 radical (unpaired) electrons. The van der Waals surface area contributed by atoms with Gasteiger partial charge in [0.1, 0.15) is 0 Å². The number of hydrogen-bond donors (Lipinski definition) is 2. The molecular formula is C22H24F3N4O+. The molecule has 2 heterocycles. The summed E-state index contributed by atoms with van der Waals surface area (Å²) in [6, 6.07) is 15.1. The van der Waals surface area contributed by atoms with Gasteiger partial charge >= 0.3 is 6.18 Å². The third-order valence-electron chi connectivity index (χ3n) is 5.59. The van der Waals surface area contributed by atoms with E-state index < -0.39 is 11.7 Å². The van der Waals surface area contributed by atoms with Crippen LogP contribution in [0.2, 0.25) is 0 Å². The molecule has 0 spiro atoms. The van der Waals surface area contributed by atoms with E-state index in [0.29, 0.717) is 38.4 Å². The zero-order valence-corrected chi connectivity index (χ0v) is 16.4. The van der Waals surface area contributed by atoms with Crippen LogP contribution in [0.15, 0.2) is 66.9 Å². The largest absolute Gasteiger partial charge is 0.416 e. The fourth-order valence-corrected chi connectivity index (χ4v) is 3.95. The summed E-state index contributed by atoms with van der Waals surface area (Å²) in [4.78, 5) is 15.9. The van der Waals surface area contributed by atoms with Crippen molar-refractivity contribution in [3.8, 4) is 0 Å². The summed E-state index contributed by atoms with van der Waals surface area (Å²) in [5, 5.41) is 1.64. The van der Waals surface area contributed by atoms with Crippen LogP contribution in [0.1, 0.15) is 17.2 Å². The van der Waals surface area contributed by atoms with Crippen molar-refractivity contribution in [2.45, 2.75) is 12.2 Å². The second-order valence-electron chi connectivity index (χ2n) is 7.57. The molecule has 1 atom stereocenters. The molecule has 1 saturated heterocycles. The van der Waals surface area contributed by atoms with Gasteiger partial charge in [-0.05, 0) is 29.8 Å². The first kappa shape index (κ1) is 20.3. The van der Waals surface area contributed by atoms with Crippen LogP contribution in [0, 0.1) is 0 Å². The molecule has 2 aliphatic heterocycles. The molecule has 0 unspecified atom stereocenters. The zero-order valence-electron chi connectivity index (χ0n) is 16.4. The van der Waals surface area contributed by atoms with Crippen LogP contribution in [0.25, 0.3) is 0 Å². The highest BCUT2D eigenvalue weighted by atomic mass is 19.4. The van der Waals surface area contributed by atoms with Gasteiger partial charge in [-0.1, -0.05) is 36.4 Å². The SMILES string of the molecule is O=C(C[NH+]1CCN(c2cccc(C(F)(F)F)c2)CC1)N1NC=C[C@@H]1c1ccccc1. The van der Waals surface area contributed by atoms with E-state index in [0.717, 1.165) is 16.5 Å². The van der Waals surface area contributed by atoms with Crippen molar-refractivity contribution in [1.82, 2.24) is 10.4 Å². The van der Waals surface area contributed by atoms with Gasteiger partial charge in [0.15, 0.2) is 6.54 Å². The number of rotatable bonds is 4. The van der Waals surface area contributed by atoms with Gasteiger partial charge in [0.2, 0.25) is 0 Å². The van der Waals surface area contributed by atoms with E-state index in [-0.39, 0.29) is 11.9 Å². The van der Waals surface area contributed by atoms with Gasteiger partial charge < -0.3 is 15.2 Å². The first-order valence-corrected chi connectivity index (χ1v) is 9.97. The quantitative estimate of drug-likeness (QED) is 0.800. The molecule has 0 saturated carbocycles. The minimum absolute atomic E-state index is 0.00336. The molecule has 2 aliphatic rings. The minimum Gasteiger partial charge on any atom is -0.360 e. The molecule has 0 aliphatic carbocycles. The summed E-state index contributed by atoms with van der Waals surface area (Å²) in [6.45, 7) is 2.95. The highest BCUT2D eigenvalue weighted by Crippen LogP contribution is 2.31. The summed E-state index contributed by atoms with van der Waals surface area (Å²) < 4.78 is 38.9. The number of nitrogens with zero attached hydrogens (tertiary/aromatic N) is 2. The van der Waals surface area contributed by atoms with Gasteiger partial charge in [-0.15, -0.1) is 0 Å². The molecular weight excluding hydrogens is 393 g/mol. The van der Waals surface area contributed by atoms with Gasteiger partial charge in [0.25, 0.3) is 5.91 Å². The van der Waals surface area contributed by atoms with Crippen LogP contribution in [-0.4, -0.2) is 43.6 Å². The van der Waals surface area contributed by atoms with Crippen molar-refractivity contribution in [2.24, 2.45) is 0 Å². The van der Waals surface area contributed by atoms with Crippen molar-refractivity contribution >= 4 is 11.6 Å². The molecule has 2 N–H and O–H groups in total. The van der Waals surface area contributed by atoms with Gasteiger partial charge in [-0.25, -0.2) is 5.01 Å². The lowest BCUT2D eigenvalue weighted by Gasteiger charge is -2.34. The topological polar surface area (TPSA) is 40.0 Å². The third kappa shape index (κ3) is 4.43. The number of halogens is 3. The Labute approximate surface area is 173 Å². The number of amides is 1. The predicted octanol–water partition coefficient (Wildman–Crippen LogP) is 2.01. The van der Waals surface area contributed by atoms with Crippen LogP contribution in [0.5, 0.6) is 0 Å². The second kappa shape index (κ2) is 8.39. The van der Waals surface area contributed by atoms with Crippen LogP contribution < -0.4 is 15.2 Å². The molecule has 30 heavy (non-hydrogen) atoms. The van der Waals surface area contributed by atoms with E-state index in [1.165, 1.54) is 12.1 Å². The number of nitrogens with one attached hydrogen (secondary N) is 2. The molecule has 158 valence electrons. The Bertz CT molecular complexity index is 908. The molecule has 5 nitrogen and oxygen atoms in total. The highest BCUT2D eigenvalue weighted by Gasteiger charge is 2.32. The number of hydrazine groups is 1. The molecule has 4 rings (SSSR count). The lowest BCUT2D eigenvalue weighted by molar-refractivity contribution is -0.892. The van der Waals surface area contributed by atoms with Crippen molar-refractivity contribution in [3.63, 3.8) is 0 Å². The highest BCUT2D eigenvalue weighted by molar-refractivity contribution is 5.78. The fourth-order valence-electron chi connectivity index (χ4n) is 3.95. The number of anilines is 1. The number of carbonyl (C=O) groups excluding carboxylic acids is 1. The molecule has 1 fully saturated rings. The molecule has 2 aromatic rings. The van der Waals surface area contributed by atoms with E-state index >= 15 is 0 Å². The monoisotopic (exact) mass is 417 g/mol. The first-order chi connectivity index (χ1) is 14.4. The summed E-state index contributed by atoms with van der Waals surface area (Å²) in [6.07, 6.45) is -0.619. The summed E-state index contributed by atoms with van der Waals surface area (Å²) >= 11 is 0. The number of benzene rings is 2. The maximum absolute atomic E-state index is 13.0. The lowest BCUT2D eigenvalue weighted by atomic mass is 10.1. The van der Waals surface area contributed by atoms with E-state index in [2.05, 4.69) is 5.43 Å². The molecule has 0 bridgehead atoms. The Hall–Kier alpha value is -3.00. The van der Waals surface area contributed by atoms with E-state index in [4.69, 9.17) is 0 Å². The smallest absolute Gasteiger partial charge is 0.360 e. The van der Waals surface area contributed by atoms with Crippen molar-refractivity contribution in [2.75, 3.05) is 37.6 Å². The molecule has 2 aromatic carbocycles. The Kier molecular flexibility index (Phi) is 5.67. The van der Waals surface area contributed by atoms with E-state index in [9.17, 15) is 18.0 Å². The lowest BCUT2D eigenvalue weighted by Crippen LogP contribution is -3.16. The van der Waals surface area contributed by atoms with Crippen molar-refractivity contribution < 1.29 is 22.9 Å².